The number of esters is 1. The summed E-state index contributed by atoms with van der Waals surface area (Å²) < 4.78 is 4.43. The zero-order valence-electron chi connectivity index (χ0n) is 8.53. The molecule has 0 bridgehead atoms. The number of rotatable bonds is 4. The van der Waals surface area contributed by atoms with E-state index in [1.54, 1.807) is 19.1 Å². The van der Waals surface area contributed by atoms with Crippen molar-refractivity contribution in [2.45, 2.75) is 6.92 Å². The highest BCUT2D eigenvalue weighted by atomic mass is 35.5. The van der Waals surface area contributed by atoms with E-state index < -0.39 is 17.5 Å². The van der Waals surface area contributed by atoms with E-state index in [9.17, 15) is 14.4 Å². The molecule has 0 heterocycles. The Bertz CT molecular complexity index is 439. The van der Waals surface area contributed by atoms with Crippen molar-refractivity contribution < 1.29 is 19.1 Å². The molecule has 0 aliphatic carbocycles. The van der Waals surface area contributed by atoms with Crippen molar-refractivity contribution in [3.63, 3.8) is 0 Å². The highest BCUT2D eigenvalue weighted by Gasteiger charge is 2.26. The lowest BCUT2D eigenvalue weighted by Crippen LogP contribution is -2.26. The van der Waals surface area contributed by atoms with Crippen LogP contribution in [0.2, 0.25) is 5.02 Å². The van der Waals surface area contributed by atoms with Crippen LogP contribution in [0.25, 0.3) is 0 Å². The van der Waals surface area contributed by atoms with Crippen LogP contribution in [0.1, 0.15) is 17.3 Å². The van der Waals surface area contributed by atoms with Gasteiger partial charge >= 0.3 is 11.8 Å². The average molecular weight is 241 g/mol. The molecule has 0 amide bonds. The summed E-state index contributed by atoms with van der Waals surface area (Å²) >= 11 is 5.72. The minimum Gasteiger partial charge on any atom is -0.460 e. The van der Waals surface area contributed by atoms with Crippen LogP contribution < -0.4 is 0 Å². The molecule has 0 unspecified atom stereocenters. The lowest BCUT2D eigenvalue weighted by atomic mass is 10.1. The molecule has 0 saturated carbocycles. The molecule has 1 rings (SSSR count). The van der Waals surface area contributed by atoms with Gasteiger partial charge in [-0.15, -0.1) is 0 Å². The van der Waals surface area contributed by atoms with Crippen molar-refractivity contribution in [2.75, 3.05) is 6.61 Å². The molecule has 1 aromatic carbocycles. The van der Waals surface area contributed by atoms with Crippen molar-refractivity contribution in [3.05, 3.63) is 34.9 Å². The van der Waals surface area contributed by atoms with Gasteiger partial charge in [0.15, 0.2) is 0 Å². The van der Waals surface area contributed by atoms with Crippen LogP contribution in [0.4, 0.5) is 0 Å². The van der Waals surface area contributed by atoms with Crippen LogP contribution in [0.3, 0.4) is 0 Å². The van der Waals surface area contributed by atoms with Gasteiger partial charge in [0, 0.05) is 5.56 Å². The van der Waals surface area contributed by atoms with Gasteiger partial charge in [0.1, 0.15) is 0 Å². The molecule has 0 atom stereocenters. The second-order valence-electron chi connectivity index (χ2n) is 2.86. The predicted octanol–water partition coefficient (Wildman–Crippen LogP) is 1.65. The van der Waals surface area contributed by atoms with Gasteiger partial charge in [-0.05, 0) is 19.1 Å². The second kappa shape index (κ2) is 5.42. The smallest absolute Gasteiger partial charge is 0.383 e. The Morgan fingerprint density at radius 2 is 1.88 bits per heavy atom. The number of carbonyl (C=O) groups is 3. The molecule has 0 saturated heterocycles. The van der Waals surface area contributed by atoms with E-state index >= 15 is 0 Å². The van der Waals surface area contributed by atoms with E-state index in [1.165, 1.54) is 12.1 Å². The summed E-state index contributed by atoms with van der Waals surface area (Å²) in [5, 5.41) is 0.130. The third-order valence-corrected chi connectivity index (χ3v) is 2.12. The first-order valence-corrected chi connectivity index (χ1v) is 4.96. The summed E-state index contributed by atoms with van der Waals surface area (Å²) in [7, 11) is 0. The van der Waals surface area contributed by atoms with Gasteiger partial charge in [0.25, 0.3) is 0 Å². The normalized spacial score (nSPS) is 9.62. The number of ketones is 2. The van der Waals surface area contributed by atoms with Gasteiger partial charge in [-0.2, -0.15) is 0 Å². The maximum Gasteiger partial charge on any atom is 0.383 e. The number of hydrogen-bond donors (Lipinski definition) is 0. The highest BCUT2D eigenvalue weighted by molar-refractivity contribution is 6.66. The van der Waals surface area contributed by atoms with Crippen LogP contribution >= 0.6 is 11.6 Å². The Labute approximate surface area is 97.2 Å². The molecule has 16 heavy (non-hydrogen) atoms. The molecular formula is C11H9ClO4. The monoisotopic (exact) mass is 240 g/mol. The zero-order chi connectivity index (χ0) is 12.1. The number of Topliss-reactive ketones (excluding diaryl/α,β-unsaturated/α-hetero) is 2. The van der Waals surface area contributed by atoms with Crippen molar-refractivity contribution >= 4 is 29.1 Å². The van der Waals surface area contributed by atoms with E-state index in [-0.39, 0.29) is 17.2 Å². The van der Waals surface area contributed by atoms with Crippen molar-refractivity contribution in [3.8, 4) is 0 Å². The number of carbonyl (C=O) groups excluding carboxylic acids is 3. The fourth-order valence-electron chi connectivity index (χ4n) is 1.06. The van der Waals surface area contributed by atoms with Gasteiger partial charge in [0.2, 0.25) is 5.78 Å². The standard InChI is InChI=1S/C11H9ClO4/c1-2-16-11(15)10(14)9(13)7-5-3-4-6-8(7)12/h3-6H,2H2,1H3. The van der Waals surface area contributed by atoms with E-state index in [0.29, 0.717) is 0 Å². The van der Waals surface area contributed by atoms with E-state index in [4.69, 9.17) is 11.6 Å². The molecule has 0 aliphatic rings. The number of benzene rings is 1. The first kappa shape index (κ1) is 12.4. The lowest BCUT2D eigenvalue weighted by Gasteiger charge is -2.01. The fourth-order valence-corrected chi connectivity index (χ4v) is 1.28. The first-order valence-electron chi connectivity index (χ1n) is 4.58. The van der Waals surface area contributed by atoms with Gasteiger partial charge in [-0.3, -0.25) is 9.59 Å². The van der Waals surface area contributed by atoms with Gasteiger partial charge in [-0.1, -0.05) is 23.7 Å². The van der Waals surface area contributed by atoms with Crippen LogP contribution in [-0.2, 0) is 14.3 Å². The average Bonchev–Trinajstić information content (AvgIpc) is 2.28. The van der Waals surface area contributed by atoms with Crippen LogP contribution in [0, 0.1) is 0 Å². The minimum atomic E-state index is -1.21. The van der Waals surface area contributed by atoms with Crippen LogP contribution in [0.15, 0.2) is 24.3 Å². The SMILES string of the molecule is CCOC(=O)C(=O)C(=O)c1ccccc1Cl. The quantitative estimate of drug-likeness (QED) is 0.348. The van der Waals surface area contributed by atoms with Crippen molar-refractivity contribution in [1.82, 2.24) is 0 Å². The van der Waals surface area contributed by atoms with Crippen LogP contribution in [-0.4, -0.2) is 24.1 Å². The predicted molar refractivity (Wildman–Crippen MR) is 57.4 cm³/mol. The minimum absolute atomic E-state index is 0.00206. The Balaban J connectivity index is 2.91. The Morgan fingerprint density at radius 3 is 2.44 bits per heavy atom. The summed E-state index contributed by atoms with van der Waals surface area (Å²) in [5.41, 5.74) is 0.00206. The maximum absolute atomic E-state index is 11.5. The topological polar surface area (TPSA) is 60.4 Å². The Morgan fingerprint density at radius 1 is 1.25 bits per heavy atom. The molecule has 0 radical (unpaired) electrons. The van der Waals surface area contributed by atoms with Gasteiger partial charge < -0.3 is 4.74 Å². The molecule has 0 aromatic heterocycles. The van der Waals surface area contributed by atoms with Crippen LogP contribution in [0.5, 0.6) is 0 Å². The zero-order valence-corrected chi connectivity index (χ0v) is 9.28. The molecule has 0 aliphatic heterocycles. The summed E-state index contributed by atoms with van der Waals surface area (Å²) in [4.78, 5) is 33.9. The third-order valence-electron chi connectivity index (χ3n) is 1.79. The van der Waals surface area contributed by atoms with Crippen molar-refractivity contribution in [2.24, 2.45) is 0 Å². The molecule has 0 fully saturated rings. The number of halogens is 1. The van der Waals surface area contributed by atoms with E-state index in [0.717, 1.165) is 0 Å². The van der Waals surface area contributed by atoms with Gasteiger partial charge in [-0.25, -0.2) is 4.79 Å². The summed E-state index contributed by atoms with van der Waals surface area (Å²) in [6.07, 6.45) is 0. The second-order valence-corrected chi connectivity index (χ2v) is 3.27. The van der Waals surface area contributed by atoms with E-state index in [1.807, 2.05) is 0 Å². The number of ether oxygens (including phenoxy) is 1. The molecule has 4 nitrogen and oxygen atoms in total. The largest absolute Gasteiger partial charge is 0.460 e. The molecular weight excluding hydrogens is 232 g/mol. The highest BCUT2D eigenvalue weighted by Crippen LogP contribution is 2.15. The fraction of sp³-hybridized carbons (Fsp3) is 0.182. The Kier molecular flexibility index (Phi) is 4.19. The van der Waals surface area contributed by atoms with Crippen molar-refractivity contribution in [1.29, 1.82) is 0 Å². The maximum atomic E-state index is 11.5. The Hall–Kier alpha value is -1.68. The lowest BCUT2D eigenvalue weighted by molar-refractivity contribution is -0.151. The summed E-state index contributed by atoms with van der Waals surface area (Å²) in [5.74, 6) is -3.33. The first-order chi connectivity index (χ1) is 7.57. The molecule has 0 spiro atoms. The number of hydrogen-bond acceptors (Lipinski definition) is 4. The summed E-state index contributed by atoms with van der Waals surface area (Å²) in [6.45, 7) is 1.59. The third kappa shape index (κ3) is 2.67. The summed E-state index contributed by atoms with van der Waals surface area (Å²) in [6, 6.07) is 6.01. The van der Waals surface area contributed by atoms with Gasteiger partial charge in [0.05, 0.1) is 11.6 Å². The molecule has 5 heteroatoms. The van der Waals surface area contributed by atoms with E-state index in [2.05, 4.69) is 4.74 Å². The molecule has 0 N–H and O–H groups in total. The molecule has 84 valence electrons. The molecule has 1 aromatic rings.